The summed E-state index contributed by atoms with van der Waals surface area (Å²) >= 11 is 3.34. The molecule has 1 amide bonds. The monoisotopic (exact) mass is 333 g/mol. The first-order valence-corrected chi connectivity index (χ1v) is 7.28. The SMILES string of the molecule is CCCOc1ccc(NC(=O)c2ccc(Br)cc2)cc1. The number of hydrogen-bond donors (Lipinski definition) is 1. The predicted molar refractivity (Wildman–Crippen MR) is 84.3 cm³/mol. The van der Waals surface area contributed by atoms with Gasteiger partial charge in [-0.15, -0.1) is 0 Å². The quantitative estimate of drug-likeness (QED) is 0.875. The molecule has 4 heteroatoms. The molecule has 0 bridgehead atoms. The van der Waals surface area contributed by atoms with E-state index in [-0.39, 0.29) is 5.91 Å². The van der Waals surface area contributed by atoms with E-state index in [9.17, 15) is 4.79 Å². The third-order valence-corrected chi connectivity index (χ3v) is 3.22. The second-order valence-corrected chi connectivity index (χ2v) is 5.25. The second-order valence-electron chi connectivity index (χ2n) is 4.33. The summed E-state index contributed by atoms with van der Waals surface area (Å²) < 4.78 is 6.45. The lowest BCUT2D eigenvalue weighted by atomic mass is 10.2. The fourth-order valence-electron chi connectivity index (χ4n) is 1.66. The first-order valence-electron chi connectivity index (χ1n) is 6.49. The van der Waals surface area contributed by atoms with Crippen LogP contribution in [0, 0.1) is 0 Å². The molecule has 104 valence electrons. The van der Waals surface area contributed by atoms with Gasteiger partial charge in [-0.25, -0.2) is 0 Å². The Morgan fingerprint density at radius 2 is 1.75 bits per heavy atom. The molecule has 0 spiro atoms. The van der Waals surface area contributed by atoms with Gasteiger partial charge in [0, 0.05) is 15.7 Å². The molecule has 20 heavy (non-hydrogen) atoms. The van der Waals surface area contributed by atoms with E-state index < -0.39 is 0 Å². The van der Waals surface area contributed by atoms with Crippen LogP contribution in [-0.2, 0) is 0 Å². The lowest BCUT2D eigenvalue weighted by Gasteiger charge is -2.07. The zero-order valence-electron chi connectivity index (χ0n) is 11.2. The number of carbonyl (C=O) groups excluding carboxylic acids is 1. The van der Waals surface area contributed by atoms with Gasteiger partial charge >= 0.3 is 0 Å². The molecule has 0 radical (unpaired) electrons. The molecule has 0 unspecified atom stereocenters. The van der Waals surface area contributed by atoms with Crippen LogP contribution in [0.15, 0.2) is 53.0 Å². The summed E-state index contributed by atoms with van der Waals surface area (Å²) in [5, 5.41) is 2.85. The fourth-order valence-corrected chi connectivity index (χ4v) is 1.92. The maximum absolute atomic E-state index is 12.0. The van der Waals surface area contributed by atoms with Gasteiger partial charge in [0.2, 0.25) is 0 Å². The Bertz CT molecular complexity index is 564. The van der Waals surface area contributed by atoms with E-state index in [1.807, 2.05) is 36.4 Å². The smallest absolute Gasteiger partial charge is 0.255 e. The molecule has 2 aromatic rings. The second kappa shape index (κ2) is 7.10. The summed E-state index contributed by atoms with van der Waals surface area (Å²) in [4.78, 5) is 12.0. The predicted octanol–water partition coefficient (Wildman–Crippen LogP) is 4.49. The molecule has 0 saturated heterocycles. The third-order valence-electron chi connectivity index (χ3n) is 2.69. The highest BCUT2D eigenvalue weighted by atomic mass is 79.9. The van der Waals surface area contributed by atoms with E-state index >= 15 is 0 Å². The average molecular weight is 334 g/mol. The van der Waals surface area contributed by atoms with Crippen molar-refractivity contribution >= 4 is 27.5 Å². The van der Waals surface area contributed by atoms with Crippen molar-refractivity contribution in [1.82, 2.24) is 0 Å². The Balaban J connectivity index is 1.99. The molecule has 2 rings (SSSR count). The van der Waals surface area contributed by atoms with Crippen molar-refractivity contribution in [3.8, 4) is 5.75 Å². The zero-order chi connectivity index (χ0) is 14.4. The number of carbonyl (C=O) groups is 1. The van der Waals surface area contributed by atoms with Gasteiger partial charge in [0.05, 0.1) is 6.61 Å². The van der Waals surface area contributed by atoms with Gasteiger partial charge in [-0.1, -0.05) is 22.9 Å². The number of amides is 1. The molecule has 0 aliphatic rings. The van der Waals surface area contributed by atoms with Crippen molar-refractivity contribution in [2.45, 2.75) is 13.3 Å². The van der Waals surface area contributed by atoms with E-state index in [2.05, 4.69) is 28.2 Å². The summed E-state index contributed by atoms with van der Waals surface area (Å²) in [6.45, 7) is 2.76. The highest BCUT2D eigenvalue weighted by Gasteiger charge is 2.05. The van der Waals surface area contributed by atoms with Crippen molar-refractivity contribution in [3.05, 3.63) is 58.6 Å². The number of benzene rings is 2. The van der Waals surface area contributed by atoms with Crippen LogP contribution in [0.2, 0.25) is 0 Å². The summed E-state index contributed by atoms with van der Waals surface area (Å²) in [6, 6.07) is 14.6. The maximum atomic E-state index is 12.0. The summed E-state index contributed by atoms with van der Waals surface area (Å²) in [5.41, 5.74) is 1.38. The highest BCUT2D eigenvalue weighted by molar-refractivity contribution is 9.10. The summed E-state index contributed by atoms with van der Waals surface area (Å²) in [6.07, 6.45) is 0.974. The van der Waals surface area contributed by atoms with Gasteiger partial charge in [0.25, 0.3) is 5.91 Å². The molecule has 0 atom stereocenters. The number of ether oxygens (including phenoxy) is 1. The van der Waals surface area contributed by atoms with Crippen LogP contribution in [0.3, 0.4) is 0 Å². The molecule has 0 aromatic heterocycles. The fraction of sp³-hybridized carbons (Fsp3) is 0.188. The Labute approximate surface area is 127 Å². The van der Waals surface area contributed by atoms with Crippen LogP contribution >= 0.6 is 15.9 Å². The Morgan fingerprint density at radius 1 is 1.10 bits per heavy atom. The van der Waals surface area contributed by atoms with Crippen LogP contribution in [0.1, 0.15) is 23.7 Å². The lowest BCUT2D eigenvalue weighted by molar-refractivity contribution is 0.102. The minimum atomic E-state index is -0.125. The van der Waals surface area contributed by atoms with Crippen molar-refractivity contribution in [3.63, 3.8) is 0 Å². The maximum Gasteiger partial charge on any atom is 0.255 e. The largest absolute Gasteiger partial charge is 0.494 e. The van der Waals surface area contributed by atoms with Crippen LogP contribution in [-0.4, -0.2) is 12.5 Å². The molecule has 3 nitrogen and oxygen atoms in total. The van der Waals surface area contributed by atoms with Crippen LogP contribution in [0.4, 0.5) is 5.69 Å². The number of nitrogens with one attached hydrogen (secondary N) is 1. The molecule has 1 N–H and O–H groups in total. The minimum Gasteiger partial charge on any atom is -0.494 e. The summed E-state index contributed by atoms with van der Waals surface area (Å²) in [7, 11) is 0. The molecule has 0 heterocycles. The van der Waals surface area contributed by atoms with Gasteiger partial charge in [-0.05, 0) is 55.0 Å². The van der Waals surface area contributed by atoms with Crippen LogP contribution in [0.5, 0.6) is 5.75 Å². The van der Waals surface area contributed by atoms with E-state index in [0.717, 1.165) is 22.3 Å². The number of halogens is 1. The van der Waals surface area contributed by atoms with Crippen molar-refractivity contribution in [2.75, 3.05) is 11.9 Å². The molecule has 0 saturated carbocycles. The number of hydrogen-bond acceptors (Lipinski definition) is 2. The van der Waals surface area contributed by atoms with E-state index in [1.54, 1.807) is 12.1 Å². The molecular weight excluding hydrogens is 318 g/mol. The number of anilines is 1. The normalized spacial score (nSPS) is 10.1. The zero-order valence-corrected chi connectivity index (χ0v) is 12.8. The summed E-state index contributed by atoms with van der Waals surface area (Å²) in [5.74, 6) is 0.688. The highest BCUT2D eigenvalue weighted by Crippen LogP contribution is 2.17. The van der Waals surface area contributed by atoms with Crippen molar-refractivity contribution in [1.29, 1.82) is 0 Å². The lowest BCUT2D eigenvalue weighted by Crippen LogP contribution is -2.11. The average Bonchev–Trinajstić information content (AvgIpc) is 2.47. The van der Waals surface area contributed by atoms with Gasteiger partial charge < -0.3 is 10.1 Å². The first-order chi connectivity index (χ1) is 9.69. The minimum absolute atomic E-state index is 0.125. The Morgan fingerprint density at radius 3 is 2.35 bits per heavy atom. The Kier molecular flexibility index (Phi) is 5.18. The molecule has 0 fully saturated rings. The van der Waals surface area contributed by atoms with Gasteiger partial charge in [-0.3, -0.25) is 4.79 Å². The van der Waals surface area contributed by atoms with Crippen molar-refractivity contribution in [2.24, 2.45) is 0 Å². The van der Waals surface area contributed by atoms with E-state index in [0.29, 0.717) is 12.2 Å². The topological polar surface area (TPSA) is 38.3 Å². The molecular formula is C16H16BrNO2. The molecule has 0 aliphatic heterocycles. The number of rotatable bonds is 5. The van der Waals surface area contributed by atoms with E-state index in [4.69, 9.17) is 4.74 Å². The van der Waals surface area contributed by atoms with Crippen molar-refractivity contribution < 1.29 is 9.53 Å². The standard InChI is InChI=1S/C16H16BrNO2/c1-2-11-20-15-9-7-14(8-10-15)18-16(19)12-3-5-13(17)6-4-12/h3-10H,2,11H2,1H3,(H,18,19). The van der Waals surface area contributed by atoms with Crippen LogP contribution < -0.4 is 10.1 Å². The van der Waals surface area contributed by atoms with E-state index in [1.165, 1.54) is 0 Å². The van der Waals surface area contributed by atoms with Gasteiger partial charge in [-0.2, -0.15) is 0 Å². The molecule has 2 aromatic carbocycles. The molecule has 0 aliphatic carbocycles. The van der Waals surface area contributed by atoms with Crippen LogP contribution in [0.25, 0.3) is 0 Å². The van der Waals surface area contributed by atoms with Gasteiger partial charge in [0.15, 0.2) is 0 Å². The van der Waals surface area contributed by atoms with Gasteiger partial charge in [0.1, 0.15) is 5.75 Å². The Hall–Kier alpha value is -1.81. The third kappa shape index (κ3) is 4.10. The first kappa shape index (κ1) is 14.6.